The Morgan fingerprint density at radius 2 is 2.00 bits per heavy atom. The molecule has 0 aromatic heterocycles. The van der Waals surface area contributed by atoms with Gasteiger partial charge in [0.15, 0.2) is 0 Å². The van der Waals surface area contributed by atoms with Gasteiger partial charge in [0.05, 0.1) is 11.8 Å². The van der Waals surface area contributed by atoms with Crippen molar-refractivity contribution in [3.05, 3.63) is 0 Å². The van der Waals surface area contributed by atoms with E-state index in [1.54, 1.807) is 0 Å². The van der Waals surface area contributed by atoms with Crippen molar-refractivity contribution >= 4 is 11.9 Å². The maximum Gasteiger partial charge on any atom is 0.306 e. The van der Waals surface area contributed by atoms with Crippen molar-refractivity contribution in [1.82, 2.24) is 0 Å². The molecule has 4 nitrogen and oxygen atoms in total. The Labute approximate surface area is 89.3 Å². The van der Waals surface area contributed by atoms with Crippen LogP contribution in [0, 0.1) is 17.8 Å². The lowest BCUT2D eigenvalue weighted by atomic mass is 9.95. The summed E-state index contributed by atoms with van der Waals surface area (Å²) in [5.41, 5.74) is 0. The molecular weight excluding hydrogens is 196 g/mol. The molecular formula is C11H18O4. The average Bonchev–Trinajstić information content (AvgIpc) is 2.91. The highest BCUT2D eigenvalue weighted by Crippen LogP contribution is 2.46. The van der Waals surface area contributed by atoms with Crippen LogP contribution < -0.4 is 0 Å². The predicted molar refractivity (Wildman–Crippen MR) is 54.5 cm³/mol. The van der Waals surface area contributed by atoms with Gasteiger partial charge in [-0.05, 0) is 18.8 Å². The van der Waals surface area contributed by atoms with Gasteiger partial charge in [-0.3, -0.25) is 9.59 Å². The third kappa shape index (κ3) is 3.22. The van der Waals surface area contributed by atoms with E-state index in [0.717, 1.165) is 19.3 Å². The summed E-state index contributed by atoms with van der Waals surface area (Å²) in [4.78, 5) is 21.6. The normalized spacial score (nSPS) is 25.9. The van der Waals surface area contributed by atoms with Crippen LogP contribution in [0.4, 0.5) is 0 Å². The molecule has 2 N–H and O–H groups in total. The molecule has 0 bridgehead atoms. The Bertz CT molecular complexity index is 249. The van der Waals surface area contributed by atoms with Crippen molar-refractivity contribution in [3.8, 4) is 0 Å². The average molecular weight is 214 g/mol. The van der Waals surface area contributed by atoms with Gasteiger partial charge in [-0.1, -0.05) is 26.2 Å². The second-order valence-corrected chi connectivity index (χ2v) is 4.28. The van der Waals surface area contributed by atoms with Gasteiger partial charge in [-0.2, -0.15) is 0 Å². The van der Waals surface area contributed by atoms with Gasteiger partial charge in [-0.25, -0.2) is 0 Å². The zero-order valence-corrected chi connectivity index (χ0v) is 8.98. The second-order valence-electron chi connectivity index (χ2n) is 4.28. The van der Waals surface area contributed by atoms with E-state index in [-0.39, 0.29) is 5.92 Å². The van der Waals surface area contributed by atoms with Crippen LogP contribution in [0.15, 0.2) is 0 Å². The first-order valence-corrected chi connectivity index (χ1v) is 5.53. The van der Waals surface area contributed by atoms with Gasteiger partial charge in [0, 0.05) is 0 Å². The first-order valence-electron chi connectivity index (χ1n) is 5.53. The van der Waals surface area contributed by atoms with Gasteiger partial charge >= 0.3 is 11.9 Å². The van der Waals surface area contributed by atoms with Crippen LogP contribution in [0.1, 0.15) is 39.0 Å². The molecule has 0 aromatic carbocycles. The maximum atomic E-state index is 11.0. The molecule has 4 heteroatoms. The number of aliphatic carboxylic acids is 2. The highest BCUT2D eigenvalue weighted by Gasteiger charge is 2.49. The van der Waals surface area contributed by atoms with Crippen LogP contribution in [-0.2, 0) is 9.59 Å². The van der Waals surface area contributed by atoms with Crippen molar-refractivity contribution in [3.63, 3.8) is 0 Å². The van der Waals surface area contributed by atoms with Gasteiger partial charge in [0.25, 0.3) is 0 Å². The molecule has 0 aromatic rings. The van der Waals surface area contributed by atoms with Crippen molar-refractivity contribution < 1.29 is 19.8 Å². The Morgan fingerprint density at radius 3 is 2.40 bits per heavy atom. The Morgan fingerprint density at radius 1 is 1.33 bits per heavy atom. The van der Waals surface area contributed by atoms with E-state index >= 15 is 0 Å². The van der Waals surface area contributed by atoms with Gasteiger partial charge in [0.1, 0.15) is 0 Å². The SMILES string of the molecule is CCCCCC(C(=O)O)C1CC1C(=O)O. The van der Waals surface area contributed by atoms with Crippen molar-refractivity contribution in [2.24, 2.45) is 17.8 Å². The zero-order valence-electron chi connectivity index (χ0n) is 8.98. The quantitative estimate of drug-likeness (QED) is 0.635. The van der Waals surface area contributed by atoms with Crippen molar-refractivity contribution in [1.29, 1.82) is 0 Å². The molecule has 1 aliphatic carbocycles. The first-order chi connectivity index (χ1) is 7.07. The van der Waals surface area contributed by atoms with Crippen molar-refractivity contribution in [2.45, 2.75) is 39.0 Å². The minimum atomic E-state index is -0.846. The monoisotopic (exact) mass is 214 g/mol. The lowest BCUT2D eigenvalue weighted by molar-refractivity contribution is -0.143. The smallest absolute Gasteiger partial charge is 0.306 e. The summed E-state index contributed by atoms with van der Waals surface area (Å²) in [6.07, 6.45) is 4.12. The number of carboxylic acids is 2. The minimum absolute atomic E-state index is 0.128. The summed E-state index contributed by atoms with van der Waals surface area (Å²) >= 11 is 0. The number of carbonyl (C=O) groups is 2. The molecule has 0 saturated heterocycles. The predicted octanol–water partition coefficient (Wildman–Crippen LogP) is 1.99. The zero-order chi connectivity index (χ0) is 11.4. The molecule has 1 fully saturated rings. The highest BCUT2D eigenvalue weighted by atomic mass is 16.4. The summed E-state index contributed by atoms with van der Waals surface area (Å²) in [6.45, 7) is 2.06. The number of unbranched alkanes of at least 4 members (excludes halogenated alkanes) is 2. The van der Waals surface area contributed by atoms with Gasteiger partial charge in [0.2, 0.25) is 0 Å². The highest BCUT2D eigenvalue weighted by molar-refractivity contribution is 5.77. The number of hydrogen-bond donors (Lipinski definition) is 2. The van der Waals surface area contributed by atoms with E-state index in [2.05, 4.69) is 6.92 Å². The number of hydrogen-bond acceptors (Lipinski definition) is 2. The van der Waals surface area contributed by atoms with Gasteiger partial charge < -0.3 is 10.2 Å². The summed E-state index contributed by atoms with van der Waals surface area (Å²) in [5, 5.41) is 17.7. The van der Waals surface area contributed by atoms with Gasteiger partial charge in [-0.15, -0.1) is 0 Å². The maximum absolute atomic E-state index is 11.0. The topological polar surface area (TPSA) is 74.6 Å². The summed E-state index contributed by atoms with van der Waals surface area (Å²) in [5.74, 6) is -2.66. The van der Waals surface area contributed by atoms with Crippen molar-refractivity contribution in [2.75, 3.05) is 0 Å². The molecule has 1 rings (SSSR count). The molecule has 0 radical (unpaired) electrons. The lowest BCUT2D eigenvalue weighted by Gasteiger charge is -2.10. The minimum Gasteiger partial charge on any atom is -0.481 e. The number of rotatable bonds is 7. The molecule has 0 aliphatic heterocycles. The third-order valence-corrected chi connectivity index (χ3v) is 3.11. The molecule has 0 heterocycles. The standard InChI is InChI=1S/C11H18O4/c1-2-3-4-5-7(10(12)13)8-6-9(8)11(14)15/h7-9H,2-6H2,1H3,(H,12,13)(H,14,15). The van der Waals surface area contributed by atoms with E-state index in [9.17, 15) is 9.59 Å². The van der Waals surface area contributed by atoms with E-state index in [4.69, 9.17) is 10.2 Å². The molecule has 0 spiro atoms. The first kappa shape index (κ1) is 12.0. The fourth-order valence-electron chi connectivity index (χ4n) is 2.08. The molecule has 3 atom stereocenters. The van der Waals surface area contributed by atoms with E-state index in [0.29, 0.717) is 12.8 Å². The third-order valence-electron chi connectivity index (χ3n) is 3.11. The van der Waals surface area contributed by atoms with E-state index in [1.807, 2.05) is 0 Å². The van der Waals surface area contributed by atoms with Crippen LogP contribution in [0.2, 0.25) is 0 Å². The van der Waals surface area contributed by atoms with E-state index < -0.39 is 23.8 Å². The summed E-state index contributed by atoms with van der Waals surface area (Å²) in [6, 6.07) is 0. The Kier molecular flexibility index (Phi) is 4.12. The van der Waals surface area contributed by atoms with E-state index in [1.165, 1.54) is 0 Å². The number of carboxylic acid groups (broad SMARTS) is 2. The fourth-order valence-corrected chi connectivity index (χ4v) is 2.08. The molecule has 0 amide bonds. The van der Waals surface area contributed by atoms with Crippen LogP contribution in [0.3, 0.4) is 0 Å². The molecule has 3 unspecified atom stereocenters. The molecule has 86 valence electrons. The summed E-state index contributed by atoms with van der Waals surface area (Å²) in [7, 11) is 0. The lowest BCUT2D eigenvalue weighted by Crippen LogP contribution is -2.18. The van der Waals surface area contributed by atoms with Crippen LogP contribution in [0.5, 0.6) is 0 Å². The van der Waals surface area contributed by atoms with Crippen LogP contribution in [-0.4, -0.2) is 22.2 Å². The van der Waals surface area contributed by atoms with Crippen LogP contribution >= 0.6 is 0 Å². The fraction of sp³-hybridized carbons (Fsp3) is 0.818. The van der Waals surface area contributed by atoms with Crippen LogP contribution in [0.25, 0.3) is 0 Å². The second kappa shape index (κ2) is 5.14. The molecule has 15 heavy (non-hydrogen) atoms. The molecule has 1 saturated carbocycles. The molecule has 1 aliphatic rings. The Hall–Kier alpha value is -1.06. The summed E-state index contributed by atoms with van der Waals surface area (Å²) < 4.78 is 0. The Balaban J connectivity index is 2.39. The largest absolute Gasteiger partial charge is 0.481 e.